The van der Waals surface area contributed by atoms with E-state index in [4.69, 9.17) is 0 Å². The fraction of sp³-hybridized carbons (Fsp3) is 1.00. The Morgan fingerprint density at radius 3 is 2.27 bits per heavy atom. The highest BCUT2D eigenvalue weighted by Crippen LogP contribution is 2.25. The molecular weight excluding hydrogens is 236 g/mol. The fourth-order valence-electron chi connectivity index (χ4n) is 2.16. The zero-order valence-corrected chi connectivity index (χ0v) is 10.4. The standard InChI is InChI=1S/C9H18N2O2S.ClH/c12-14(13,11-9-5-10-6-9)7-8-3-1-2-4-8;/h8-11H,1-7H2;1H. The third-order valence-electron chi connectivity index (χ3n) is 3.06. The van der Waals surface area contributed by atoms with E-state index in [1.165, 1.54) is 12.8 Å². The van der Waals surface area contributed by atoms with Gasteiger partial charge in [-0.05, 0) is 18.8 Å². The van der Waals surface area contributed by atoms with Crippen LogP contribution in [0.3, 0.4) is 0 Å². The average Bonchev–Trinajstić information content (AvgIpc) is 2.49. The van der Waals surface area contributed by atoms with E-state index in [0.29, 0.717) is 11.7 Å². The van der Waals surface area contributed by atoms with Crippen molar-refractivity contribution in [3.63, 3.8) is 0 Å². The van der Waals surface area contributed by atoms with Crippen LogP contribution < -0.4 is 10.0 Å². The molecule has 2 rings (SSSR count). The van der Waals surface area contributed by atoms with Crippen LogP contribution in [-0.2, 0) is 10.0 Å². The Labute approximate surface area is 97.7 Å². The first-order valence-electron chi connectivity index (χ1n) is 5.36. The van der Waals surface area contributed by atoms with Crippen LogP contribution in [0.1, 0.15) is 25.7 Å². The summed E-state index contributed by atoms with van der Waals surface area (Å²) in [6, 6.07) is 0.140. The summed E-state index contributed by atoms with van der Waals surface area (Å²) in [5.74, 6) is 0.740. The van der Waals surface area contributed by atoms with Crippen LogP contribution in [0.25, 0.3) is 0 Å². The molecule has 0 atom stereocenters. The van der Waals surface area contributed by atoms with Crippen molar-refractivity contribution in [2.45, 2.75) is 31.7 Å². The van der Waals surface area contributed by atoms with Gasteiger partial charge in [0.25, 0.3) is 0 Å². The quantitative estimate of drug-likeness (QED) is 0.768. The minimum atomic E-state index is -3.02. The summed E-state index contributed by atoms with van der Waals surface area (Å²) in [6.45, 7) is 1.56. The normalized spacial score (nSPS) is 23.5. The van der Waals surface area contributed by atoms with Crippen LogP contribution in [0.15, 0.2) is 0 Å². The second kappa shape index (κ2) is 5.48. The van der Waals surface area contributed by atoms with Crippen LogP contribution in [0, 0.1) is 5.92 Å². The van der Waals surface area contributed by atoms with Gasteiger partial charge in [0.05, 0.1) is 5.75 Å². The van der Waals surface area contributed by atoms with Crippen molar-refractivity contribution >= 4 is 22.4 Å². The molecule has 0 amide bonds. The van der Waals surface area contributed by atoms with Gasteiger partial charge in [0, 0.05) is 19.1 Å². The Hall–Kier alpha value is 0.160. The molecule has 0 aromatic rings. The second-order valence-electron chi connectivity index (χ2n) is 4.40. The molecule has 4 nitrogen and oxygen atoms in total. The molecule has 0 unspecified atom stereocenters. The zero-order valence-electron chi connectivity index (χ0n) is 8.74. The highest BCUT2D eigenvalue weighted by atomic mass is 35.5. The molecule has 0 bridgehead atoms. The Kier molecular flexibility index (Phi) is 4.83. The van der Waals surface area contributed by atoms with Gasteiger partial charge in [-0.25, -0.2) is 13.1 Å². The lowest BCUT2D eigenvalue weighted by atomic mass is 10.1. The summed E-state index contributed by atoms with van der Waals surface area (Å²) >= 11 is 0. The van der Waals surface area contributed by atoms with Crippen molar-refractivity contribution in [2.24, 2.45) is 5.92 Å². The lowest BCUT2D eigenvalue weighted by molar-refractivity contribution is 0.408. The van der Waals surface area contributed by atoms with Crippen molar-refractivity contribution in [2.75, 3.05) is 18.8 Å². The van der Waals surface area contributed by atoms with Crippen LogP contribution in [0.2, 0.25) is 0 Å². The van der Waals surface area contributed by atoms with Crippen molar-refractivity contribution in [1.29, 1.82) is 0 Å². The lowest BCUT2D eigenvalue weighted by Crippen LogP contribution is -2.57. The van der Waals surface area contributed by atoms with E-state index in [1.54, 1.807) is 0 Å². The molecule has 0 aromatic carbocycles. The van der Waals surface area contributed by atoms with E-state index in [2.05, 4.69) is 10.0 Å². The first-order chi connectivity index (χ1) is 6.66. The minimum Gasteiger partial charge on any atom is -0.313 e. The van der Waals surface area contributed by atoms with Gasteiger partial charge in [0.1, 0.15) is 0 Å². The summed E-state index contributed by atoms with van der Waals surface area (Å²) in [5.41, 5.74) is 0. The Balaban J connectivity index is 0.00000112. The maximum absolute atomic E-state index is 11.7. The molecule has 1 aliphatic carbocycles. The number of rotatable bonds is 4. The molecule has 90 valence electrons. The molecule has 0 aromatic heterocycles. The van der Waals surface area contributed by atoms with Gasteiger partial charge >= 0.3 is 0 Å². The minimum absolute atomic E-state index is 0. The van der Waals surface area contributed by atoms with E-state index >= 15 is 0 Å². The summed E-state index contributed by atoms with van der Waals surface area (Å²) in [5, 5.41) is 3.05. The van der Waals surface area contributed by atoms with Gasteiger partial charge in [-0.1, -0.05) is 12.8 Å². The maximum atomic E-state index is 11.7. The maximum Gasteiger partial charge on any atom is 0.212 e. The summed E-state index contributed by atoms with van der Waals surface area (Å²) in [4.78, 5) is 0. The van der Waals surface area contributed by atoms with Gasteiger partial charge in [0.15, 0.2) is 0 Å². The molecule has 1 aliphatic heterocycles. The summed E-state index contributed by atoms with van der Waals surface area (Å²) < 4.78 is 26.0. The zero-order chi connectivity index (χ0) is 10.0. The van der Waals surface area contributed by atoms with Crippen molar-refractivity contribution in [1.82, 2.24) is 10.0 Å². The summed E-state index contributed by atoms with van der Waals surface area (Å²) in [6.07, 6.45) is 4.57. The molecule has 2 N–H and O–H groups in total. The van der Waals surface area contributed by atoms with E-state index in [1.807, 2.05) is 0 Å². The molecule has 1 heterocycles. The smallest absolute Gasteiger partial charge is 0.212 e. The van der Waals surface area contributed by atoms with Gasteiger partial charge < -0.3 is 5.32 Å². The SMILES string of the molecule is Cl.O=S(=O)(CC1CCCC1)NC1CNC1. The monoisotopic (exact) mass is 254 g/mol. The van der Waals surface area contributed by atoms with Crippen LogP contribution >= 0.6 is 12.4 Å². The van der Waals surface area contributed by atoms with Gasteiger partial charge in [-0.3, -0.25) is 0 Å². The molecule has 1 saturated carbocycles. The third kappa shape index (κ3) is 3.90. The Morgan fingerprint density at radius 2 is 1.80 bits per heavy atom. The van der Waals surface area contributed by atoms with Gasteiger partial charge in [0.2, 0.25) is 10.0 Å². The van der Waals surface area contributed by atoms with E-state index in [9.17, 15) is 8.42 Å². The van der Waals surface area contributed by atoms with Crippen molar-refractivity contribution in [3.05, 3.63) is 0 Å². The molecule has 15 heavy (non-hydrogen) atoms. The summed E-state index contributed by atoms with van der Waals surface area (Å²) in [7, 11) is -3.02. The highest BCUT2D eigenvalue weighted by Gasteiger charge is 2.26. The molecule has 6 heteroatoms. The second-order valence-corrected chi connectivity index (χ2v) is 6.20. The highest BCUT2D eigenvalue weighted by molar-refractivity contribution is 7.89. The number of sulfonamides is 1. The number of hydrogen-bond acceptors (Lipinski definition) is 3. The molecule has 1 saturated heterocycles. The lowest BCUT2D eigenvalue weighted by Gasteiger charge is -2.28. The fourth-order valence-corrected chi connectivity index (χ4v) is 3.89. The van der Waals surface area contributed by atoms with Gasteiger partial charge in [-0.15, -0.1) is 12.4 Å². The van der Waals surface area contributed by atoms with Crippen LogP contribution in [0.4, 0.5) is 0 Å². The topological polar surface area (TPSA) is 58.2 Å². The number of hydrogen-bond donors (Lipinski definition) is 2. The average molecular weight is 255 g/mol. The third-order valence-corrected chi connectivity index (χ3v) is 4.66. The van der Waals surface area contributed by atoms with E-state index < -0.39 is 10.0 Å². The number of halogens is 1. The first kappa shape index (κ1) is 13.2. The van der Waals surface area contributed by atoms with E-state index in [0.717, 1.165) is 25.9 Å². The molecule has 2 aliphatic rings. The van der Waals surface area contributed by atoms with E-state index in [-0.39, 0.29) is 18.4 Å². The molecular formula is C9H19ClN2O2S. The van der Waals surface area contributed by atoms with Crippen molar-refractivity contribution < 1.29 is 8.42 Å². The molecule has 0 radical (unpaired) electrons. The predicted octanol–water partition coefficient (Wildman–Crippen LogP) is 0.490. The predicted molar refractivity (Wildman–Crippen MR) is 62.8 cm³/mol. The van der Waals surface area contributed by atoms with Crippen molar-refractivity contribution in [3.8, 4) is 0 Å². The first-order valence-corrected chi connectivity index (χ1v) is 7.02. The van der Waals surface area contributed by atoms with Crippen LogP contribution in [0.5, 0.6) is 0 Å². The van der Waals surface area contributed by atoms with Gasteiger partial charge in [-0.2, -0.15) is 0 Å². The Morgan fingerprint density at radius 1 is 1.20 bits per heavy atom. The molecule has 2 fully saturated rings. The largest absolute Gasteiger partial charge is 0.313 e. The Bertz CT molecular complexity index is 284. The molecule has 0 spiro atoms. The number of nitrogens with one attached hydrogen (secondary N) is 2. The van der Waals surface area contributed by atoms with Crippen LogP contribution in [-0.4, -0.2) is 33.3 Å².